The van der Waals surface area contributed by atoms with Crippen LogP contribution in [0.25, 0.3) is 27.8 Å². The highest BCUT2D eigenvalue weighted by Crippen LogP contribution is 2.34. The van der Waals surface area contributed by atoms with Gasteiger partial charge in [0.1, 0.15) is 18.1 Å². The number of thioether (sulfide) groups is 1. The SMILES string of the molecule is COc1ccccc1-n1c(-c2ccccc2)cnc1SCc1nc2ccccc2c(=O)n1CC(N)=O. The van der Waals surface area contributed by atoms with Crippen LogP contribution >= 0.6 is 11.8 Å². The van der Waals surface area contributed by atoms with Crippen LogP contribution in [0, 0.1) is 0 Å². The highest BCUT2D eigenvalue weighted by molar-refractivity contribution is 7.98. The van der Waals surface area contributed by atoms with E-state index in [1.165, 1.54) is 16.3 Å². The van der Waals surface area contributed by atoms with Crippen molar-refractivity contribution in [1.82, 2.24) is 19.1 Å². The Balaban J connectivity index is 1.60. The monoisotopic (exact) mass is 497 g/mol. The molecule has 8 nitrogen and oxygen atoms in total. The van der Waals surface area contributed by atoms with Crippen molar-refractivity contribution in [2.24, 2.45) is 5.73 Å². The molecule has 3 aromatic carbocycles. The molecule has 2 heterocycles. The molecular weight excluding hydrogens is 474 g/mol. The van der Waals surface area contributed by atoms with Crippen LogP contribution in [-0.4, -0.2) is 32.1 Å². The first-order chi connectivity index (χ1) is 17.6. The highest BCUT2D eigenvalue weighted by atomic mass is 32.2. The zero-order valence-electron chi connectivity index (χ0n) is 19.5. The molecule has 1 amide bonds. The fraction of sp³-hybridized carbons (Fsp3) is 0.111. The maximum Gasteiger partial charge on any atom is 0.261 e. The van der Waals surface area contributed by atoms with Gasteiger partial charge >= 0.3 is 0 Å². The number of aromatic nitrogens is 4. The molecule has 0 spiro atoms. The minimum atomic E-state index is -0.609. The van der Waals surface area contributed by atoms with Crippen LogP contribution in [0.3, 0.4) is 0 Å². The molecule has 0 bridgehead atoms. The molecule has 0 atom stereocenters. The largest absolute Gasteiger partial charge is 0.495 e. The Labute approximate surface area is 211 Å². The van der Waals surface area contributed by atoms with Crippen molar-refractivity contribution in [1.29, 1.82) is 0 Å². The number of rotatable bonds is 8. The molecule has 0 radical (unpaired) electrons. The summed E-state index contributed by atoms with van der Waals surface area (Å²) < 4.78 is 9.00. The third-order valence-electron chi connectivity index (χ3n) is 5.71. The van der Waals surface area contributed by atoms with Gasteiger partial charge in [-0.25, -0.2) is 9.97 Å². The first-order valence-electron chi connectivity index (χ1n) is 11.2. The number of hydrogen-bond donors (Lipinski definition) is 1. The van der Waals surface area contributed by atoms with E-state index < -0.39 is 5.91 Å². The summed E-state index contributed by atoms with van der Waals surface area (Å²) >= 11 is 1.41. The summed E-state index contributed by atoms with van der Waals surface area (Å²) in [7, 11) is 1.63. The number of carbonyl (C=O) groups excluding carboxylic acids is 1. The molecule has 0 unspecified atom stereocenters. The molecular formula is C27H23N5O3S. The topological polar surface area (TPSA) is 105 Å². The lowest BCUT2D eigenvalue weighted by Crippen LogP contribution is -2.31. The van der Waals surface area contributed by atoms with E-state index in [0.29, 0.717) is 33.4 Å². The van der Waals surface area contributed by atoms with E-state index >= 15 is 0 Å². The normalized spacial score (nSPS) is 11.0. The molecule has 0 aliphatic rings. The van der Waals surface area contributed by atoms with Gasteiger partial charge in [0.05, 0.1) is 41.3 Å². The number of carbonyl (C=O) groups is 1. The van der Waals surface area contributed by atoms with Crippen molar-refractivity contribution >= 4 is 28.6 Å². The Hall–Kier alpha value is -4.37. The second-order valence-corrected chi connectivity index (χ2v) is 8.93. The smallest absolute Gasteiger partial charge is 0.261 e. The summed E-state index contributed by atoms with van der Waals surface area (Å²) in [5.74, 6) is 0.831. The molecule has 180 valence electrons. The van der Waals surface area contributed by atoms with Crippen molar-refractivity contribution in [3.05, 3.63) is 101 Å². The maximum atomic E-state index is 13.1. The number of hydrogen-bond acceptors (Lipinski definition) is 6. The Bertz CT molecular complexity index is 1610. The molecule has 5 rings (SSSR count). The number of ether oxygens (including phenoxy) is 1. The van der Waals surface area contributed by atoms with Gasteiger partial charge in [0, 0.05) is 5.56 Å². The van der Waals surface area contributed by atoms with Gasteiger partial charge in [0.25, 0.3) is 5.56 Å². The molecule has 0 saturated heterocycles. The van der Waals surface area contributed by atoms with Crippen molar-refractivity contribution < 1.29 is 9.53 Å². The lowest BCUT2D eigenvalue weighted by Gasteiger charge is -2.16. The predicted octanol–water partition coefficient (Wildman–Crippen LogP) is 4.04. The summed E-state index contributed by atoms with van der Waals surface area (Å²) in [5, 5.41) is 1.13. The maximum absolute atomic E-state index is 13.1. The summed E-state index contributed by atoms with van der Waals surface area (Å²) in [4.78, 5) is 34.3. The molecule has 0 saturated carbocycles. The fourth-order valence-corrected chi connectivity index (χ4v) is 5.00. The summed E-state index contributed by atoms with van der Waals surface area (Å²) in [6, 6.07) is 24.7. The molecule has 0 aliphatic carbocycles. The molecule has 0 fully saturated rings. The van der Waals surface area contributed by atoms with Crippen molar-refractivity contribution in [2.45, 2.75) is 17.5 Å². The van der Waals surface area contributed by atoms with E-state index in [-0.39, 0.29) is 12.1 Å². The van der Waals surface area contributed by atoms with Gasteiger partial charge < -0.3 is 10.5 Å². The van der Waals surface area contributed by atoms with Gasteiger partial charge in [0.2, 0.25) is 5.91 Å². The first kappa shape index (κ1) is 23.4. The number of para-hydroxylation sites is 3. The predicted molar refractivity (Wildman–Crippen MR) is 140 cm³/mol. The standard InChI is InChI=1S/C27H23N5O3S/c1-35-23-14-8-7-13-21(23)32-22(18-9-3-2-4-10-18)15-29-27(32)36-17-25-30-20-12-6-5-11-19(20)26(34)31(25)16-24(28)33/h2-15H,16-17H2,1H3,(H2,28,33). The number of nitrogens with zero attached hydrogens (tertiary/aromatic N) is 4. The Kier molecular flexibility index (Phi) is 6.55. The Morgan fingerprint density at radius 1 is 1.00 bits per heavy atom. The van der Waals surface area contributed by atoms with Crippen LogP contribution in [0.15, 0.2) is 95.0 Å². The number of amides is 1. The van der Waals surface area contributed by atoms with Crippen molar-refractivity contribution in [2.75, 3.05) is 7.11 Å². The number of nitrogens with two attached hydrogens (primary N) is 1. The van der Waals surface area contributed by atoms with Crippen LogP contribution in [0.2, 0.25) is 0 Å². The molecule has 0 aliphatic heterocycles. The second kappa shape index (κ2) is 10.1. The van der Waals surface area contributed by atoms with Crippen LogP contribution in [-0.2, 0) is 17.1 Å². The van der Waals surface area contributed by atoms with Crippen molar-refractivity contribution in [3.8, 4) is 22.7 Å². The average Bonchev–Trinajstić information content (AvgIpc) is 3.33. The quantitative estimate of drug-likeness (QED) is 0.325. The summed E-state index contributed by atoms with van der Waals surface area (Å²) in [6.45, 7) is -0.247. The highest BCUT2D eigenvalue weighted by Gasteiger charge is 2.19. The van der Waals surface area contributed by atoms with E-state index in [9.17, 15) is 9.59 Å². The van der Waals surface area contributed by atoms with E-state index in [0.717, 1.165) is 16.9 Å². The average molecular weight is 498 g/mol. The van der Waals surface area contributed by atoms with Gasteiger partial charge in [-0.1, -0.05) is 66.4 Å². The van der Waals surface area contributed by atoms with E-state index in [1.54, 1.807) is 25.3 Å². The fourth-order valence-electron chi connectivity index (χ4n) is 4.07. The third kappa shape index (κ3) is 4.48. The molecule has 5 aromatic rings. The molecule has 9 heteroatoms. The minimum Gasteiger partial charge on any atom is -0.495 e. The summed E-state index contributed by atoms with van der Waals surface area (Å²) in [5.41, 5.74) is 8.44. The third-order valence-corrected chi connectivity index (χ3v) is 6.66. The molecule has 36 heavy (non-hydrogen) atoms. The number of primary amides is 1. The minimum absolute atomic E-state index is 0.247. The second-order valence-electron chi connectivity index (χ2n) is 7.99. The zero-order chi connectivity index (χ0) is 25.1. The van der Waals surface area contributed by atoms with Crippen molar-refractivity contribution in [3.63, 3.8) is 0 Å². The van der Waals surface area contributed by atoms with Gasteiger partial charge in [0.15, 0.2) is 5.16 Å². The molecule has 2 N–H and O–H groups in total. The van der Waals surface area contributed by atoms with Gasteiger partial charge in [-0.15, -0.1) is 0 Å². The van der Waals surface area contributed by atoms with Crippen LogP contribution < -0.4 is 16.0 Å². The molecule has 2 aromatic heterocycles. The van der Waals surface area contributed by atoms with Gasteiger partial charge in [-0.05, 0) is 24.3 Å². The zero-order valence-corrected chi connectivity index (χ0v) is 20.3. The Morgan fingerprint density at radius 2 is 1.72 bits per heavy atom. The first-order valence-corrected chi connectivity index (χ1v) is 12.2. The van der Waals surface area contributed by atoms with Crippen LogP contribution in [0.5, 0.6) is 5.75 Å². The van der Waals surface area contributed by atoms with Crippen LogP contribution in [0.4, 0.5) is 0 Å². The lowest BCUT2D eigenvalue weighted by atomic mass is 10.1. The van der Waals surface area contributed by atoms with Gasteiger partial charge in [-0.2, -0.15) is 0 Å². The number of imidazole rings is 1. The number of methoxy groups -OCH3 is 1. The summed E-state index contributed by atoms with van der Waals surface area (Å²) in [6.07, 6.45) is 1.81. The Morgan fingerprint density at radius 3 is 2.50 bits per heavy atom. The number of fused-ring (bicyclic) bond motifs is 1. The van der Waals surface area contributed by atoms with E-state index in [4.69, 9.17) is 15.5 Å². The number of benzene rings is 3. The van der Waals surface area contributed by atoms with E-state index in [2.05, 4.69) is 4.98 Å². The van der Waals surface area contributed by atoms with Gasteiger partial charge in [-0.3, -0.25) is 18.7 Å². The lowest BCUT2D eigenvalue weighted by molar-refractivity contribution is -0.118. The van der Waals surface area contributed by atoms with E-state index in [1.807, 2.05) is 71.4 Å². The van der Waals surface area contributed by atoms with Crippen LogP contribution in [0.1, 0.15) is 5.82 Å².